The van der Waals surface area contributed by atoms with Gasteiger partial charge in [-0.15, -0.1) is 0 Å². The molecule has 3 atom stereocenters. The van der Waals surface area contributed by atoms with E-state index in [-0.39, 0.29) is 23.3 Å². The van der Waals surface area contributed by atoms with Crippen LogP contribution in [0.2, 0.25) is 0 Å². The van der Waals surface area contributed by atoms with Gasteiger partial charge < -0.3 is 14.2 Å². The van der Waals surface area contributed by atoms with Gasteiger partial charge in [-0.2, -0.15) is 4.90 Å². The molecule has 1 fully saturated rings. The lowest BCUT2D eigenvalue weighted by Crippen LogP contribution is -2.54. The number of hydrogen-bond donors (Lipinski definition) is 0. The van der Waals surface area contributed by atoms with E-state index in [4.69, 9.17) is 19.2 Å². The van der Waals surface area contributed by atoms with Crippen molar-refractivity contribution in [2.45, 2.75) is 70.8 Å². The number of carbonyl (C=O) groups excluding carboxylic acids is 2. The van der Waals surface area contributed by atoms with E-state index in [9.17, 15) is 14.0 Å². The molecule has 0 radical (unpaired) electrons. The van der Waals surface area contributed by atoms with Crippen LogP contribution in [-0.2, 0) is 19.7 Å². The Kier molecular flexibility index (Phi) is 8.23. The Balaban J connectivity index is 2.14. The van der Waals surface area contributed by atoms with Crippen molar-refractivity contribution >= 4 is 45.0 Å². The van der Waals surface area contributed by atoms with Crippen molar-refractivity contribution in [1.82, 2.24) is 4.90 Å². The third-order valence-corrected chi connectivity index (χ3v) is 6.98. The quantitative estimate of drug-likeness (QED) is 0.403. The van der Waals surface area contributed by atoms with E-state index < -0.39 is 47.5 Å². The van der Waals surface area contributed by atoms with Gasteiger partial charge in [0.1, 0.15) is 29.2 Å². The molecule has 0 bridgehead atoms. The van der Waals surface area contributed by atoms with Gasteiger partial charge in [-0.3, -0.25) is 0 Å². The normalized spacial score (nSPS) is 24.8. The zero-order chi connectivity index (χ0) is 26.2. The first kappa shape index (κ1) is 27.9. The molecule has 35 heavy (non-hydrogen) atoms. The number of nitrogens with zero attached hydrogens (tertiary/aromatic N) is 2. The first-order valence-corrected chi connectivity index (χ1v) is 13.0. The highest BCUT2D eigenvalue weighted by atomic mass is 79.9. The predicted octanol–water partition coefficient (Wildman–Crippen LogP) is 6.43. The Hall–Kier alpha value is -1.72. The summed E-state index contributed by atoms with van der Waals surface area (Å²) in [6, 6.07) is 4.47. The number of thioether (sulfide) groups is 1. The van der Waals surface area contributed by atoms with Gasteiger partial charge in [-0.1, -0.05) is 27.7 Å². The van der Waals surface area contributed by atoms with Crippen molar-refractivity contribution < 1.29 is 32.6 Å². The Labute approximate surface area is 217 Å². The zero-order valence-corrected chi connectivity index (χ0v) is 23.1. The molecule has 0 aromatic heterocycles. The number of amides is 2. The summed E-state index contributed by atoms with van der Waals surface area (Å²) in [7, 11) is 0. The Bertz CT molecular complexity index is 983. The second kappa shape index (κ2) is 10.3. The Morgan fingerprint density at radius 1 is 1.20 bits per heavy atom. The molecule has 194 valence electrons. The van der Waals surface area contributed by atoms with Crippen molar-refractivity contribution in [1.29, 1.82) is 0 Å². The van der Waals surface area contributed by atoms with Crippen molar-refractivity contribution in [2.24, 2.45) is 10.9 Å². The van der Waals surface area contributed by atoms with Crippen LogP contribution in [0.4, 0.5) is 18.4 Å². The number of hydrogen-bond acceptors (Lipinski definition) is 7. The molecule has 7 nitrogen and oxygen atoms in total. The number of amidine groups is 1. The lowest BCUT2D eigenvalue weighted by atomic mass is 9.75. The van der Waals surface area contributed by atoms with Crippen LogP contribution in [0.25, 0.3) is 0 Å². The molecule has 2 amide bonds. The maximum absolute atomic E-state index is 15.2. The topological polar surface area (TPSA) is 77.4 Å². The summed E-state index contributed by atoms with van der Waals surface area (Å²) < 4.78 is 45.9. The number of aliphatic imine (C=N–C) groups is 1. The molecule has 0 unspecified atom stereocenters. The monoisotopic (exact) mass is 576 g/mol. The van der Waals surface area contributed by atoms with Crippen LogP contribution in [0.3, 0.4) is 0 Å². The van der Waals surface area contributed by atoms with E-state index >= 15 is 4.39 Å². The minimum atomic E-state index is -1.28. The molecule has 11 heteroatoms. The van der Waals surface area contributed by atoms with Gasteiger partial charge in [0.25, 0.3) is 0 Å². The lowest BCUT2D eigenvalue weighted by Gasteiger charge is -2.47. The van der Waals surface area contributed by atoms with Crippen LogP contribution >= 0.6 is 27.7 Å². The van der Waals surface area contributed by atoms with Crippen LogP contribution in [0.5, 0.6) is 0 Å². The first-order chi connectivity index (χ1) is 16.1. The third kappa shape index (κ3) is 6.54. The fraction of sp³-hybridized carbons (Fsp3) is 0.625. The Morgan fingerprint density at radius 3 is 2.34 bits per heavy atom. The van der Waals surface area contributed by atoms with E-state index in [1.807, 2.05) is 0 Å². The summed E-state index contributed by atoms with van der Waals surface area (Å²) in [4.78, 5) is 31.8. The first-order valence-electron chi connectivity index (χ1n) is 11.3. The average molecular weight is 577 g/mol. The highest BCUT2D eigenvalue weighted by molar-refractivity contribution is 9.10. The molecular weight excluding hydrogens is 546 g/mol. The summed E-state index contributed by atoms with van der Waals surface area (Å²) in [5.41, 5.74) is -2.82. The van der Waals surface area contributed by atoms with Gasteiger partial charge >= 0.3 is 12.2 Å². The van der Waals surface area contributed by atoms with E-state index in [0.717, 1.165) is 16.7 Å². The fourth-order valence-electron chi connectivity index (χ4n) is 3.91. The SMILES string of the molecule is CC(C)(C)OC(=O)N(C(=O)OC(C)(C)C)C1=N[C@@]2(c3cc(Br)ccc3F)CO[C@@H](CF)C[C@H]2CS1. The average Bonchev–Trinajstić information content (AvgIpc) is 2.72. The summed E-state index contributed by atoms with van der Waals surface area (Å²) in [5.74, 6) is -0.461. The maximum Gasteiger partial charge on any atom is 0.426 e. The zero-order valence-electron chi connectivity index (χ0n) is 20.7. The van der Waals surface area contributed by atoms with E-state index in [1.54, 1.807) is 53.7 Å². The molecule has 0 saturated carbocycles. The largest absolute Gasteiger partial charge is 0.443 e. The van der Waals surface area contributed by atoms with Gasteiger partial charge in [0, 0.05) is 21.7 Å². The van der Waals surface area contributed by atoms with Crippen LogP contribution < -0.4 is 0 Å². The number of rotatable bonds is 2. The predicted molar refractivity (Wildman–Crippen MR) is 134 cm³/mol. The van der Waals surface area contributed by atoms with E-state index in [2.05, 4.69) is 15.9 Å². The number of carbonyl (C=O) groups is 2. The molecule has 0 aliphatic carbocycles. The molecular formula is C24H31BrF2N2O5S. The molecule has 2 aliphatic rings. The van der Waals surface area contributed by atoms with E-state index in [0.29, 0.717) is 16.6 Å². The third-order valence-electron chi connectivity index (χ3n) is 5.38. The standard InChI is InChI=1S/C24H31BrF2N2O5S/c1-22(2,3)33-20(30)29(21(31)34-23(4,5)6)19-28-24(17-10-15(25)7-8-18(17)27)13-32-16(11-26)9-14(24)12-35-19/h7-8,10,14,16H,9,11-13H2,1-6H3/t14-,16+,24-/m0/s1. The van der Waals surface area contributed by atoms with Crippen LogP contribution in [0.15, 0.2) is 27.7 Å². The van der Waals surface area contributed by atoms with Crippen LogP contribution in [-0.4, -0.2) is 58.6 Å². The van der Waals surface area contributed by atoms with Crippen molar-refractivity contribution in [3.8, 4) is 0 Å². The second-order valence-corrected chi connectivity index (χ2v) is 12.5. The molecule has 1 aromatic rings. The minimum absolute atomic E-state index is 0.00595. The molecule has 2 heterocycles. The van der Waals surface area contributed by atoms with Crippen LogP contribution in [0, 0.1) is 11.7 Å². The van der Waals surface area contributed by atoms with Gasteiger partial charge in [-0.05, 0) is 66.2 Å². The van der Waals surface area contributed by atoms with Crippen LogP contribution in [0.1, 0.15) is 53.5 Å². The smallest absolute Gasteiger partial charge is 0.426 e. The fourth-order valence-corrected chi connectivity index (χ4v) is 5.53. The van der Waals surface area contributed by atoms with Gasteiger partial charge in [0.05, 0.1) is 12.7 Å². The minimum Gasteiger partial charge on any atom is -0.443 e. The second-order valence-electron chi connectivity index (χ2n) is 10.6. The van der Waals surface area contributed by atoms with Gasteiger partial charge in [-0.25, -0.2) is 23.4 Å². The number of ether oxygens (including phenoxy) is 3. The molecule has 0 N–H and O–H groups in total. The number of imide groups is 1. The van der Waals surface area contributed by atoms with Gasteiger partial charge in [0.2, 0.25) is 0 Å². The molecule has 1 saturated heterocycles. The highest BCUT2D eigenvalue weighted by Gasteiger charge is 2.51. The molecule has 2 aliphatic heterocycles. The summed E-state index contributed by atoms with van der Waals surface area (Å²) in [5, 5.41) is 0.00595. The number of halogens is 3. The van der Waals surface area contributed by atoms with Crippen molar-refractivity contribution in [3.63, 3.8) is 0 Å². The number of alkyl halides is 1. The van der Waals surface area contributed by atoms with Crippen molar-refractivity contribution in [2.75, 3.05) is 19.0 Å². The molecule has 3 rings (SSSR count). The lowest BCUT2D eigenvalue weighted by molar-refractivity contribution is -0.0657. The van der Waals surface area contributed by atoms with Crippen molar-refractivity contribution in [3.05, 3.63) is 34.1 Å². The Morgan fingerprint density at radius 2 is 1.80 bits per heavy atom. The number of benzene rings is 1. The van der Waals surface area contributed by atoms with E-state index in [1.165, 1.54) is 6.07 Å². The highest BCUT2D eigenvalue weighted by Crippen LogP contribution is 2.48. The molecule has 0 spiro atoms. The summed E-state index contributed by atoms with van der Waals surface area (Å²) >= 11 is 4.52. The molecule has 1 aromatic carbocycles. The summed E-state index contributed by atoms with van der Waals surface area (Å²) in [6.45, 7) is 9.27. The summed E-state index contributed by atoms with van der Waals surface area (Å²) in [6.07, 6.45) is -2.24. The maximum atomic E-state index is 15.2. The van der Waals surface area contributed by atoms with Gasteiger partial charge in [0.15, 0.2) is 5.17 Å². The number of fused-ring (bicyclic) bond motifs is 1.